The van der Waals surface area contributed by atoms with E-state index in [4.69, 9.17) is 4.74 Å². The van der Waals surface area contributed by atoms with E-state index in [1.165, 1.54) is 6.07 Å². The van der Waals surface area contributed by atoms with Crippen molar-refractivity contribution >= 4 is 23.1 Å². The molecule has 1 aromatic carbocycles. The molecule has 1 atom stereocenters. The predicted octanol–water partition coefficient (Wildman–Crippen LogP) is 4.30. The van der Waals surface area contributed by atoms with E-state index in [1.807, 2.05) is 7.05 Å². The molecule has 1 aromatic rings. The van der Waals surface area contributed by atoms with Gasteiger partial charge >= 0.3 is 6.18 Å². The Balaban J connectivity index is 2.15. The van der Waals surface area contributed by atoms with Gasteiger partial charge in [-0.15, -0.1) is 0 Å². The molecule has 0 aromatic heterocycles. The highest BCUT2D eigenvalue weighted by Gasteiger charge is 2.31. The van der Waals surface area contributed by atoms with Crippen molar-refractivity contribution in [2.75, 3.05) is 20.2 Å². The number of isothiocyanates is 1. The number of benzene rings is 1. The highest BCUT2D eigenvalue weighted by atomic mass is 32.1. The highest BCUT2D eigenvalue weighted by Crippen LogP contribution is 2.35. The van der Waals surface area contributed by atoms with Crippen LogP contribution in [-0.2, 0) is 6.18 Å². The van der Waals surface area contributed by atoms with Crippen LogP contribution in [0.25, 0.3) is 0 Å². The second kappa shape index (κ2) is 7.22. The molecule has 7 heteroatoms. The van der Waals surface area contributed by atoms with E-state index < -0.39 is 11.7 Å². The third kappa shape index (κ3) is 4.53. The Bertz CT molecular complexity index is 570. The van der Waals surface area contributed by atoms with E-state index in [2.05, 4.69) is 27.3 Å². The number of halogens is 3. The van der Waals surface area contributed by atoms with Crippen molar-refractivity contribution in [3.63, 3.8) is 0 Å². The van der Waals surface area contributed by atoms with E-state index >= 15 is 0 Å². The summed E-state index contributed by atoms with van der Waals surface area (Å²) in [5.74, 6) is 0.151. The number of ether oxygens (including phenoxy) is 1. The molecule has 1 saturated heterocycles. The van der Waals surface area contributed by atoms with Crippen LogP contribution in [-0.4, -0.2) is 36.3 Å². The molecule has 0 amide bonds. The van der Waals surface area contributed by atoms with Crippen molar-refractivity contribution in [3.05, 3.63) is 23.8 Å². The molecule has 0 spiro atoms. The summed E-state index contributed by atoms with van der Waals surface area (Å²) in [4.78, 5) is 5.80. The molecular weight excluding hydrogens is 313 g/mol. The van der Waals surface area contributed by atoms with Gasteiger partial charge in [0.05, 0.1) is 16.4 Å². The Kier molecular flexibility index (Phi) is 5.56. The quantitative estimate of drug-likeness (QED) is 0.608. The summed E-state index contributed by atoms with van der Waals surface area (Å²) in [7, 11) is 2.00. The lowest BCUT2D eigenvalue weighted by molar-refractivity contribution is -0.137. The van der Waals surface area contributed by atoms with E-state index in [0.717, 1.165) is 37.9 Å². The number of likely N-dealkylation sites (tertiary alicyclic amines) is 1. The molecule has 0 bridgehead atoms. The molecule has 1 aliphatic heterocycles. The van der Waals surface area contributed by atoms with Crippen LogP contribution < -0.4 is 4.74 Å². The molecule has 2 rings (SSSR count). The van der Waals surface area contributed by atoms with Gasteiger partial charge in [-0.1, -0.05) is 6.42 Å². The van der Waals surface area contributed by atoms with Crippen molar-refractivity contribution in [2.24, 2.45) is 4.99 Å². The van der Waals surface area contributed by atoms with Crippen LogP contribution in [0, 0.1) is 0 Å². The van der Waals surface area contributed by atoms with Gasteiger partial charge < -0.3 is 9.64 Å². The average molecular weight is 330 g/mol. The van der Waals surface area contributed by atoms with Crippen LogP contribution in [0.3, 0.4) is 0 Å². The van der Waals surface area contributed by atoms with Gasteiger partial charge in [0.15, 0.2) is 0 Å². The number of alkyl halides is 3. The Morgan fingerprint density at radius 1 is 1.36 bits per heavy atom. The fraction of sp³-hybridized carbons (Fsp3) is 0.533. The fourth-order valence-corrected chi connectivity index (χ4v) is 2.60. The highest BCUT2D eigenvalue weighted by molar-refractivity contribution is 7.78. The van der Waals surface area contributed by atoms with Crippen molar-refractivity contribution in [1.82, 2.24) is 4.90 Å². The standard InChI is InChI=1S/C15H17F3N2OS/c1-20-5-3-2-4-13(20)9-21-14-7-11(15(16,17)18)6-12(8-14)19-10-22/h6-8,13H,2-5,9H2,1H3. The van der Waals surface area contributed by atoms with Crippen LogP contribution in [0.15, 0.2) is 23.2 Å². The minimum atomic E-state index is -4.45. The summed E-state index contributed by atoms with van der Waals surface area (Å²) >= 11 is 4.45. The number of likely N-dealkylation sites (N-methyl/N-ethyl adjacent to an activating group) is 1. The van der Waals surface area contributed by atoms with Crippen LogP contribution >= 0.6 is 12.2 Å². The van der Waals surface area contributed by atoms with Gasteiger partial charge in [0, 0.05) is 12.1 Å². The van der Waals surface area contributed by atoms with Gasteiger partial charge in [-0.2, -0.15) is 18.2 Å². The van der Waals surface area contributed by atoms with Gasteiger partial charge in [0.2, 0.25) is 0 Å². The number of thiocarbonyl (C=S) groups is 1. The topological polar surface area (TPSA) is 24.8 Å². The molecule has 0 aliphatic carbocycles. The van der Waals surface area contributed by atoms with Gasteiger partial charge in [0.1, 0.15) is 12.4 Å². The fourth-order valence-electron chi connectivity index (χ4n) is 2.49. The van der Waals surface area contributed by atoms with Gasteiger partial charge in [0.25, 0.3) is 0 Å². The second-order valence-electron chi connectivity index (χ2n) is 5.36. The Labute approximate surface area is 132 Å². The van der Waals surface area contributed by atoms with Crippen molar-refractivity contribution in [3.8, 4) is 5.75 Å². The normalized spacial score (nSPS) is 19.5. The summed E-state index contributed by atoms with van der Waals surface area (Å²) < 4.78 is 44.3. The molecule has 1 unspecified atom stereocenters. The molecule has 1 heterocycles. The lowest BCUT2D eigenvalue weighted by atomic mass is 10.0. The first-order valence-corrected chi connectivity index (χ1v) is 7.44. The third-order valence-electron chi connectivity index (χ3n) is 3.76. The summed E-state index contributed by atoms with van der Waals surface area (Å²) in [6, 6.07) is 3.59. The van der Waals surface area contributed by atoms with Crippen LogP contribution in [0.2, 0.25) is 0 Å². The lowest BCUT2D eigenvalue weighted by Gasteiger charge is -2.32. The number of hydrogen-bond acceptors (Lipinski definition) is 4. The Hall–Kier alpha value is -1.43. The van der Waals surface area contributed by atoms with Crippen molar-refractivity contribution < 1.29 is 17.9 Å². The zero-order valence-corrected chi connectivity index (χ0v) is 13.0. The molecule has 3 nitrogen and oxygen atoms in total. The van der Waals surface area contributed by atoms with Crippen LogP contribution in [0.1, 0.15) is 24.8 Å². The lowest BCUT2D eigenvalue weighted by Crippen LogP contribution is -2.40. The van der Waals surface area contributed by atoms with Gasteiger partial charge in [-0.25, -0.2) is 0 Å². The first-order valence-electron chi connectivity index (χ1n) is 7.03. The van der Waals surface area contributed by atoms with Crippen molar-refractivity contribution in [1.29, 1.82) is 0 Å². The number of hydrogen-bond donors (Lipinski definition) is 0. The zero-order chi connectivity index (χ0) is 16.2. The number of piperidine rings is 1. The first-order chi connectivity index (χ1) is 10.4. The summed E-state index contributed by atoms with van der Waals surface area (Å²) in [6.07, 6.45) is -1.21. The van der Waals surface area contributed by atoms with E-state index in [9.17, 15) is 13.2 Å². The molecule has 0 N–H and O–H groups in total. The predicted molar refractivity (Wildman–Crippen MR) is 81.9 cm³/mol. The first kappa shape index (κ1) is 16.9. The monoisotopic (exact) mass is 330 g/mol. The molecule has 0 radical (unpaired) electrons. The zero-order valence-electron chi connectivity index (χ0n) is 12.2. The molecule has 120 valence electrons. The van der Waals surface area contributed by atoms with Gasteiger partial charge in [-0.3, -0.25) is 0 Å². The maximum absolute atomic E-state index is 12.9. The molecule has 1 aliphatic rings. The van der Waals surface area contributed by atoms with Crippen LogP contribution in [0.5, 0.6) is 5.75 Å². The summed E-state index contributed by atoms with van der Waals surface area (Å²) in [5.41, 5.74) is -0.706. The van der Waals surface area contributed by atoms with E-state index in [-0.39, 0.29) is 17.5 Å². The Morgan fingerprint density at radius 3 is 2.77 bits per heavy atom. The number of rotatable bonds is 4. The number of nitrogens with zero attached hydrogens (tertiary/aromatic N) is 2. The third-order valence-corrected chi connectivity index (χ3v) is 3.85. The van der Waals surface area contributed by atoms with Crippen molar-refractivity contribution in [2.45, 2.75) is 31.5 Å². The SMILES string of the molecule is CN1CCCCC1COc1cc(N=C=S)cc(C(F)(F)F)c1. The maximum atomic E-state index is 12.9. The number of aliphatic imine (C=N–C) groups is 1. The molecular formula is C15H17F3N2OS. The van der Waals surface area contributed by atoms with E-state index in [1.54, 1.807) is 0 Å². The smallest absolute Gasteiger partial charge is 0.416 e. The largest absolute Gasteiger partial charge is 0.492 e. The van der Waals surface area contributed by atoms with E-state index in [0.29, 0.717) is 6.61 Å². The minimum Gasteiger partial charge on any atom is -0.492 e. The van der Waals surface area contributed by atoms with Gasteiger partial charge in [-0.05, 0) is 50.8 Å². The average Bonchev–Trinajstić information content (AvgIpc) is 2.46. The molecule has 1 fully saturated rings. The van der Waals surface area contributed by atoms with Crippen LogP contribution in [0.4, 0.5) is 18.9 Å². The summed E-state index contributed by atoms with van der Waals surface area (Å²) in [6.45, 7) is 1.34. The molecule has 0 saturated carbocycles. The molecule has 22 heavy (non-hydrogen) atoms. The second-order valence-corrected chi connectivity index (χ2v) is 5.54. The minimum absolute atomic E-state index is 0.0943. The maximum Gasteiger partial charge on any atom is 0.416 e. The Morgan fingerprint density at radius 2 is 2.14 bits per heavy atom. The summed E-state index contributed by atoms with van der Waals surface area (Å²) in [5, 5.41) is 2.08.